The topological polar surface area (TPSA) is 58.2 Å². The van der Waals surface area contributed by atoms with Gasteiger partial charge in [-0.1, -0.05) is 73.5 Å². The van der Waals surface area contributed by atoms with E-state index in [-0.39, 0.29) is 23.7 Å². The van der Waals surface area contributed by atoms with E-state index >= 15 is 0 Å². The van der Waals surface area contributed by atoms with E-state index in [1.807, 2.05) is 36.4 Å². The minimum Gasteiger partial charge on any atom is -0.353 e. The molecule has 4 heteroatoms. The minimum atomic E-state index is -0.433. The molecule has 2 N–H and O–H groups in total. The molecule has 1 aliphatic rings. The number of carbonyl (C=O) groups is 2. The Morgan fingerprint density at radius 1 is 0.926 bits per heavy atom. The van der Waals surface area contributed by atoms with Crippen LogP contribution in [0.3, 0.4) is 0 Å². The molecular weight excluding hydrogens is 336 g/mol. The lowest BCUT2D eigenvalue weighted by Gasteiger charge is -2.25. The molecule has 1 unspecified atom stereocenters. The average Bonchev–Trinajstić information content (AvgIpc) is 3.22. The van der Waals surface area contributed by atoms with Crippen molar-refractivity contribution in [3.05, 3.63) is 71.8 Å². The molecule has 1 atom stereocenters. The maximum atomic E-state index is 12.9. The lowest BCUT2D eigenvalue weighted by atomic mass is 9.91. The minimum absolute atomic E-state index is 0.0750. The number of carbonyl (C=O) groups excluding carboxylic acids is 2. The molecule has 0 heterocycles. The third kappa shape index (κ3) is 5.19. The molecule has 0 radical (unpaired) electrons. The van der Waals surface area contributed by atoms with Gasteiger partial charge in [0.25, 0.3) is 0 Å². The summed E-state index contributed by atoms with van der Waals surface area (Å²) in [6.45, 7) is 1.99. The zero-order chi connectivity index (χ0) is 19.1. The van der Waals surface area contributed by atoms with Crippen LogP contribution >= 0.6 is 0 Å². The zero-order valence-electron chi connectivity index (χ0n) is 15.9. The molecular formula is C23H28N2O2. The van der Waals surface area contributed by atoms with Crippen LogP contribution in [0.2, 0.25) is 0 Å². The Morgan fingerprint density at radius 3 is 1.93 bits per heavy atom. The van der Waals surface area contributed by atoms with Gasteiger partial charge in [-0.3, -0.25) is 9.59 Å². The standard InChI is InChI=1S/C23H28N2O2/c1-17(26)25-22(20-14-8-9-15-20)23(27)24-16-21(18-10-4-2-5-11-18)19-12-6-3-7-13-19/h2-7,10-13,20-22H,8-9,14-16H2,1H3,(H,24,27)(H,25,26). The summed E-state index contributed by atoms with van der Waals surface area (Å²) >= 11 is 0. The van der Waals surface area contributed by atoms with Crippen LogP contribution in [-0.2, 0) is 9.59 Å². The van der Waals surface area contributed by atoms with Gasteiger partial charge in [0.05, 0.1) is 0 Å². The molecule has 2 aromatic rings. The molecule has 0 bridgehead atoms. The Kier molecular flexibility index (Phi) is 6.64. The molecule has 1 fully saturated rings. The van der Waals surface area contributed by atoms with Gasteiger partial charge >= 0.3 is 0 Å². The number of hydrogen-bond donors (Lipinski definition) is 2. The van der Waals surface area contributed by atoms with Gasteiger partial charge in [-0.15, -0.1) is 0 Å². The van der Waals surface area contributed by atoms with E-state index < -0.39 is 6.04 Å². The number of nitrogens with one attached hydrogen (secondary N) is 2. The van der Waals surface area contributed by atoms with E-state index in [0.717, 1.165) is 25.7 Å². The highest BCUT2D eigenvalue weighted by molar-refractivity contribution is 5.87. The van der Waals surface area contributed by atoms with Crippen molar-refractivity contribution in [2.24, 2.45) is 5.92 Å². The average molecular weight is 364 g/mol. The summed E-state index contributed by atoms with van der Waals surface area (Å²) in [7, 11) is 0. The van der Waals surface area contributed by atoms with Gasteiger partial charge in [-0.2, -0.15) is 0 Å². The molecule has 1 saturated carbocycles. The van der Waals surface area contributed by atoms with Crippen LogP contribution in [0.1, 0.15) is 49.7 Å². The van der Waals surface area contributed by atoms with Crippen molar-refractivity contribution >= 4 is 11.8 Å². The van der Waals surface area contributed by atoms with Crippen LogP contribution in [0.15, 0.2) is 60.7 Å². The van der Waals surface area contributed by atoms with E-state index in [1.54, 1.807) is 0 Å². The predicted octanol–water partition coefficient (Wildman–Crippen LogP) is 3.63. The summed E-state index contributed by atoms with van der Waals surface area (Å²) in [5.74, 6) is 0.0948. The molecule has 27 heavy (non-hydrogen) atoms. The number of rotatable bonds is 7. The summed E-state index contributed by atoms with van der Waals surface area (Å²) in [6, 6.07) is 20.0. The van der Waals surface area contributed by atoms with Gasteiger partial charge in [0.1, 0.15) is 6.04 Å². The van der Waals surface area contributed by atoms with Crippen LogP contribution in [0.25, 0.3) is 0 Å². The van der Waals surface area contributed by atoms with Crippen molar-refractivity contribution in [1.29, 1.82) is 0 Å². The van der Waals surface area contributed by atoms with Crippen molar-refractivity contribution in [2.75, 3.05) is 6.54 Å². The molecule has 3 rings (SSSR count). The van der Waals surface area contributed by atoms with Gasteiger partial charge in [0.2, 0.25) is 11.8 Å². The molecule has 142 valence electrons. The van der Waals surface area contributed by atoms with E-state index in [2.05, 4.69) is 34.9 Å². The molecule has 0 spiro atoms. The lowest BCUT2D eigenvalue weighted by molar-refractivity contribution is -0.129. The quantitative estimate of drug-likeness (QED) is 0.788. The summed E-state index contributed by atoms with van der Waals surface area (Å²) in [5, 5.41) is 5.98. The van der Waals surface area contributed by atoms with Crippen LogP contribution in [0.4, 0.5) is 0 Å². The first-order valence-electron chi connectivity index (χ1n) is 9.80. The highest BCUT2D eigenvalue weighted by Gasteiger charge is 2.31. The van der Waals surface area contributed by atoms with Gasteiger partial charge in [0, 0.05) is 19.4 Å². The van der Waals surface area contributed by atoms with E-state index in [0.29, 0.717) is 6.54 Å². The summed E-state index contributed by atoms with van der Waals surface area (Å²) in [5.41, 5.74) is 2.34. The third-order valence-electron chi connectivity index (χ3n) is 5.40. The highest BCUT2D eigenvalue weighted by atomic mass is 16.2. The molecule has 2 aromatic carbocycles. The van der Waals surface area contributed by atoms with E-state index in [9.17, 15) is 9.59 Å². The van der Waals surface area contributed by atoms with E-state index in [1.165, 1.54) is 18.1 Å². The largest absolute Gasteiger partial charge is 0.353 e. The van der Waals surface area contributed by atoms with E-state index in [4.69, 9.17) is 0 Å². The lowest BCUT2D eigenvalue weighted by Crippen LogP contribution is -2.50. The fourth-order valence-corrected chi connectivity index (χ4v) is 4.02. The van der Waals surface area contributed by atoms with Crippen molar-refractivity contribution < 1.29 is 9.59 Å². The number of benzene rings is 2. The number of hydrogen-bond acceptors (Lipinski definition) is 2. The Balaban J connectivity index is 1.73. The summed E-state index contributed by atoms with van der Waals surface area (Å²) in [4.78, 5) is 24.5. The van der Waals surface area contributed by atoms with Crippen molar-refractivity contribution in [1.82, 2.24) is 10.6 Å². The molecule has 0 aliphatic heterocycles. The normalized spacial score (nSPS) is 15.5. The first kappa shape index (κ1) is 19.2. The Morgan fingerprint density at radius 2 is 1.44 bits per heavy atom. The summed E-state index contributed by atoms with van der Waals surface area (Å²) < 4.78 is 0. The fraction of sp³-hybridized carbons (Fsp3) is 0.391. The Hall–Kier alpha value is -2.62. The molecule has 0 saturated heterocycles. The maximum Gasteiger partial charge on any atom is 0.242 e. The Bertz CT molecular complexity index is 700. The Labute approximate surface area is 161 Å². The third-order valence-corrected chi connectivity index (χ3v) is 5.40. The predicted molar refractivity (Wildman–Crippen MR) is 107 cm³/mol. The maximum absolute atomic E-state index is 12.9. The SMILES string of the molecule is CC(=O)NC(C(=O)NCC(c1ccccc1)c1ccccc1)C1CCCC1. The first-order chi connectivity index (χ1) is 13.1. The van der Waals surface area contributed by atoms with Crippen LogP contribution in [0, 0.1) is 5.92 Å². The molecule has 4 nitrogen and oxygen atoms in total. The molecule has 2 amide bonds. The monoisotopic (exact) mass is 364 g/mol. The second-order valence-corrected chi connectivity index (χ2v) is 7.34. The van der Waals surface area contributed by atoms with Gasteiger partial charge < -0.3 is 10.6 Å². The van der Waals surface area contributed by atoms with Gasteiger partial charge in [-0.25, -0.2) is 0 Å². The fourth-order valence-electron chi connectivity index (χ4n) is 4.02. The van der Waals surface area contributed by atoms with Crippen LogP contribution < -0.4 is 10.6 Å². The highest BCUT2D eigenvalue weighted by Crippen LogP contribution is 2.28. The second-order valence-electron chi connectivity index (χ2n) is 7.34. The van der Waals surface area contributed by atoms with Crippen LogP contribution in [-0.4, -0.2) is 24.4 Å². The molecule has 0 aromatic heterocycles. The summed E-state index contributed by atoms with van der Waals surface area (Å²) in [6.07, 6.45) is 4.26. The van der Waals surface area contributed by atoms with Gasteiger partial charge in [-0.05, 0) is 29.9 Å². The number of amides is 2. The second kappa shape index (κ2) is 9.36. The van der Waals surface area contributed by atoms with Crippen LogP contribution in [0.5, 0.6) is 0 Å². The van der Waals surface area contributed by atoms with Crippen molar-refractivity contribution in [3.63, 3.8) is 0 Å². The zero-order valence-corrected chi connectivity index (χ0v) is 15.9. The van der Waals surface area contributed by atoms with Crippen molar-refractivity contribution in [2.45, 2.75) is 44.6 Å². The molecule has 1 aliphatic carbocycles. The van der Waals surface area contributed by atoms with Gasteiger partial charge in [0.15, 0.2) is 0 Å². The van der Waals surface area contributed by atoms with Crippen molar-refractivity contribution in [3.8, 4) is 0 Å². The smallest absolute Gasteiger partial charge is 0.242 e. The first-order valence-corrected chi connectivity index (χ1v) is 9.80.